The summed E-state index contributed by atoms with van der Waals surface area (Å²) < 4.78 is 35.5. The Hall–Kier alpha value is -1.13. The summed E-state index contributed by atoms with van der Waals surface area (Å²) in [5, 5.41) is 0. The van der Waals surface area contributed by atoms with Gasteiger partial charge < -0.3 is 0 Å². The molecule has 5 heteroatoms. The van der Waals surface area contributed by atoms with Crippen LogP contribution in [0.5, 0.6) is 0 Å². The summed E-state index contributed by atoms with van der Waals surface area (Å²) >= 11 is 0. The summed E-state index contributed by atoms with van der Waals surface area (Å²) in [5.41, 5.74) is 0. The Morgan fingerprint density at radius 2 is 2.09 bits per heavy atom. The fourth-order valence-electron chi connectivity index (χ4n) is 0.684. The first-order valence-electron chi connectivity index (χ1n) is 2.82. The molecule has 0 radical (unpaired) electrons. The Kier molecular flexibility index (Phi) is 1.80. The molecule has 0 aromatic heterocycles. The molecule has 0 saturated carbocycles. The molecule has 60 valence electrons. The number of rotatable bonds is 0. The maximum atomic E-state index is 11.8. The van der Waals surface area contributed by atoms with Gasteiger partial charge in [0.2, 0.25) is 6.04 Å². The molecule has 0 spiro atoms. The number of hydrogen-bond acceptors (Lipinski definition) is 2. The van der Waals surface area contributed by atoms with Gasteiger partial charge in [-0.3, -0.25) is 9.79 Å². The average Bonchev–Trinajstić information content (AvgIpc) is 1.86. The molecule has 0 fully saturated rings. The number of carbonyl (C=O) groups is 1. The van der Waals surface area contributed by atoms with E-state index in [1.807, 2.05) is 0 Å². The molecule has 1 aliphatic rings. The number of hydrogen-bond donors (Lipinski definition) is 0. The SMILES string of the molecule is O=C1C=CC=NC1C(F)(F)F. The van der Waals surface area contributed by atoms with Crippen molar-refractivity contribution in [2.45, 2.75) is 12.2 Å². The zero-order chi connectivity index (χ0) is 8.48. The van der Waals surface area contributed by atoms with Crippen molar-refractivity contribution in [1.82, 2.24) is 0 Å². The second kappa shape index (κ2) is 2.48. The highest BCUT2D eigenvalue weighted by molar-refractivity contribution is 6.01. The van der Waals surface area contributed by atoms with Crippen molar-refractivity contribution in [3.63, 3.8) is 0 Å². The second-order valence-electron chi connectivity index (χ2n) is 2.00. The van der Waals surface area contributed by atoms with Crippen LogP contribution in [0.4, 0.5) is 13.2 Å². The van der Waals surface area contributed by atoms with Crippen LogP contribution in [0.1, 0.15) is 0 Å². The van der Waals surface area contributed by atoms with Crippen molar-refractivity contribution in [3.8, 4) is 0 Å². The summed E-state index contributed by atoms with van der Waals surface area (Å²) in [7, 11) is 0. The average molecular weight is 163 g/mol. The highest BCUT2D eigenvalue weighted by Crippen LogP contribution is 2.24. The topological polar surface area (TPSA) is 29.4 Å². The molecular weight excluding hydrogens is 159 g/mol. The van der Waals surface area contributed by atoms with Gasteiger partial charge in [-0.1, -0.05) is 0 Å². The highest BCUT2D eigenvalue weighted by Gasteiger charge is 2.43. The van der Waals surface area contributed by atoms with Gasteiger partial charge in [0, 0.05) is 6.21 Å². The van der Waals surface area contributed by atoms with Crippen LogP contribution in [0.3, 0.4) is 0 Å². The third-order valence-electron chi connectivity index (χ3n) is 1.16. The summed E-state index contributed by atoms with van der Waals surface area (Å²) in [5.74, 6) is -1.01. The summed E-state index contributed by atoms with van der Waals surface area (Å²) in [6.45, 7) is 0. The molecule has 0 saturated heterocycles. The lowest BCUT2D eigenvalue weighted by atomic mass is 10.1. The monoisotopic (exact) mass is 163 g/mol. The molecule has 11 heavy (non-hydrogen) atoms. The van der Waals surface area contributed by atoms with Crippen LogP contribution < -0.4 is 0 Å². The summed E-state index contributed by atoms with van der Waals surface area (Å²) in [4.78, 5) is 13.5. The number of alkyl halides is 3. The predicted octanol–water partition coefficient (Wildman–Crippen LogP) is 1.13. The smallest absolute Gasteiger partial charge is 0.292 e. The van der Waals surface area contributed by atoms with Gasteiger partial charge in [-0.25, -0.2) is 0 Å². The van der Waals surface area contributed by atoms with Crippen molar-refractivity contribution < 1.29 is 18.0 Å². The number of dihydropyridines is 1. The fourth-order valence-corrected chi connectivity index (χ4v) is 0.684. The maximum absolute atomic E-state index is 11.8. The maximum Gasteiger partial charge on any atom is 0.418 e. The minimum absolute atomic E-state index is 0.866. The quantitative estimate of drug-likeness (QED) is 0.526. The lowest BCUT2D eigenvalue weighted by Crippen LogP contribution is -2.35. The Bertz CT molecular complexity index is 228. The molecule has 0 amide bonds. The number of carbonyl (C=O) groups excluding carboxylic acids is 1. The Labute approximate surface area is 60.4 Å². The van der Waals surface area contributed by atoms with E-state index in [0.29, 0.717) is 0 Å². The van der Waals surface area contributed by atoms with Gasteiger partial charge >= 0.3 is 6.18 Å². The van der Waals surface area contributed by atoms with E-state index in [9.17, 15) is 18.0 Å². The van der Waals surface area contributed by atoms with Crippen LogP contribution in [0.25, 0.3) is 0 Å². The van der Waals surface area contributed by atoms with Gasteiger partial charge in [0.1, 0.15) is 0 Å². The van der Waals surface area contributed by atoms with Gasteiger partial charge in [0.15, 0.2) is 5.78 Å². The molecular formula is C6H4F3NO. The lowest BCUT2D eigenvalue weighted by Gasteiger charge is -2.14. The molecule has 1 aliphatic heterocycles. The number of aliphatic imine (C=N–C) groups is 1. The molecule has 0 aliphatic carbocycles. The molecule has 1 rings (SSSR count). The summed E-state index contributed by atoms with van der Waals surface area (Å²) in [6, 6.07) is -2.19. The van der Waals surface area contributed by atoms with Gasteiger partial charge in [-0.05, 0) is 12.2 Å². The Morgan fingerprint density at radius 3 is 2.45 bits per heavy atom. The molecule has 1 heterocycles. The van der Waals surface area contributed by atoms with E-state index in [0.717, 1.165) is 12.3 Å². The number of allylic oxidation sites excluding steroid dienone is 1. The molecule has 0 N–H and O–H groups in total. The van der Waals surface area contributed by atoms with E-state index in [4.69, 9.17) is 0 Å². The van der Waals surface area contributed by atoms with Crippen LogP contribution in [0.2, 0.25) is 0 Å². The van der Waals surface area contributed by atoms with Gasteiger partial charge in [0.05, 0.1) is 0 Å². The largest absolute Gasteiger partial charge is 0.418 e. The van der Waals surface area contributed by atoms with Crippen LogP contribution >= 0.6 is 0 Å². The van der Waals surface area contributed by atoms with Gasteiger partial charge in [0.25, 0.3) is 0 Å². The Morgan fingerprint density at radius 1 is 1.45 bits per heavy atom. The van der Waals surface area contributed by atoms with Crippen molar-refractivity contribution in [2.75, 3.05) is 0 Å². The molecule has 0 aromatic rings. The number of halogens is 3. The normalized spacial score (nSPS) is 24.3. The van der Waals surface area contributed by atoms with Crippen LogP contribution in [0, 0.1) is 0 Å². The Balaban J connectivity index is 2.82. The van der Waals surface area contributed by atoms with E-state index >= 15 is 0 Å². The molecule has 1 atom stereocenters. The minimum Gasteiger partial charge on any atom is -0.292 e. The van der Waals surface area contributed by atoms with E-state index in [1.54, 1.807) is 0 Å². The van der Waals surface area contributed by atoms with Crippen molar-refractivity contribution in [1.29, 1.82) is 0 Å². The minimum atomic E-state index is -4.56. The zero-order valence-corrected chi connectivity index (χ0v) is 5.30. The van der Waals surface area contributed by atoms with E-state index in [1.165, 1.54) is 6.08 Å². The highest BCUT2D eigenvalue weighted by atomic mass is 19.4. The molecule has 2 nitrogen and oxygen atoms in total. The van der Waals surface area contributed by atoms with Crippen LogP contribution in [-0.4, -0.2) is 24.2 Å². The first-order chi connectivity index (χ1) is 5.02. The fraction of sp³-hybridized carbons (Fsp3) is 0.333. The molecule has 0 aromatic carbocycles. The van der Waals surface area contributed by atoms with Crippen molar-refractivity contribution in [2.24, 2.45) is 4.99 Å². The standard InChI is InChI=1S/C6H4F3NO/c7-6(8,9)5-4(11)2-1-3-10-5/h1-3,5H. The third-order valence-corrected chi connectivity index (χ3v) is 1.16. The van der Waals surface area contributed by atoms with Crippen LogP contribution in [0.15, 0.2) is 17.1 Å². The lowest BCUT2D eigenvalue weighted by molar-refractivity contribution is -0.157. The zero-order valence-electron chi connectivity index (χ0n) is 5.30. The third kappa shape index (κ3) is 1.66. The number of nitrogens with zero attached hydrogens (tertiary/aromatic N) is 1. The van der Waals surface area contributed by atoms with E-state index in [-0.39, 0.29) is 0 Å². The first-order valence-corrected chi connectivity index (χ1v) is 2.82. The molecule has 1 unspecified atom stereocenters. The van der Waals surface area contributed by atoms with Crippen molar-refractivity contribution >= 4 is 12.0 Å². The van der Waals surface area contributed by atoms with E-state index in [2.05, 4.69) is 4.99 Å². The number of ketones is 1. The van der Waals surface area contributed by atoms with Crippen molar-refractivity contribution in [3.05, 3.63) is 12.2 Å². The van der Waals surface area contributed by atoms with Crippen LogP contribution in [-0.2, 0) is 4.79 Å². The van der Waals surface area contributed by atoms with Gasteiger partial charge in [-0.2, -0.15) is 13.2 Å². The molecule has 0 bridgehead atoms. The second-order valence-corrected chi connectivity index (χ2v) is 2.00. The predicted molar refractivity (Wildman–Crippen MR) is 32.5 cm³/mol. The summed E-state index contributed by atoms with van der Waals surface area (Å²) in [6.07, 6.45) is -1.53. The van der Waals surface area contributed by atoms with Gasteiger partial charge in [-0.15, -0.1) is 0 Å². The van der Waals surface area contributed by atoms with E-state index < -0.39 is 18.0 Å². The first kappa shape index (κ1) is 7.97.